The lowest BCUT2D eigenvalue weighted by molar-refractivity contribution is -0.134. The highest BCUT2D eigenvalue weighted by molar-refractivity contribution is 7.90. The third-order valence-electron chi connectivity index (χ3n) is 4.40. The number of aromatic nitrogens is 1. The van der Waals surface area contributed by atoms with Crippen LogP contribution < -0.4 is 4.72 Å². The van der Waals surface area contributed by atoms with Crippen LogP contribution in [0.4, 0.5) is 0 Å². The molecule has 1 aromatic rings. The highest BCUT2D eigenvalue weighted by Crippen LogP contribution is 2.31. The summed E-state index contributed by atoms with van der Waals surface area (Å²) in [6.07, 6.45) is 1.52. The monoisotopic (exact) mass is 354 g/mol. The number of hydrogen-bond acceptors (Lipinski definition) is 6. The number of nitrogens with zero attached hydrogens (tertiary/aromatic N) is 3. The van der Waals surface area contributed by atoms with Gasteiger partial charge >= 0.3 is 0 Å². The van der Waals surface area contributed by atoms with E-state index in [2.05, 4.69) is 14.9 Å². The average Bonchev–Trinajstić information content (AvgIpc) is 3.18. The zero-order valence-electron chi connectivity index (χ0n) is 14.0. The summed E-state index contributed by atoms with van der Waals surface area (Å²) in [5.74, 6) is 0.177. The van der Waals surface area contributed by atoms with Crippen LogP contribution in [0.1, 0.15) is 44.1 Å². The number of amides is 1. The van der Waals surface area contributed by atoms with E-state index in [0.29, 0.717) is 24.6 Å². The van der Waals surface area contributed by atoms with Gasteiger partial charge in [-0.25, -0.2) is 8.42 Å². The fourth-order valence-electron chi connectivity index (χ4n) is 3.31. The van der Waals surface area contributed by atoms with Crippen LogP contribution in [0.5, 0.6) is 0 Å². The minimum Gasteiger partial charge on any atom is -0.360 e. The summed E-state index contributed by atoms with van der Waals surface area (Å²) in [5, 5.41) is 3.88. The van der Waals surface area contributed by atoms with E-state index in [4.69, 9.17) is 4.52 Å². The van der Waals surface area contributed by atoms with Gasteiger partial charge in [-0.15, -0.1) is 0 Å². The zero-order valence-corrected chi connectivity index (χ0v) is 14.8. The normalized spacial score (nSPS) is 24.1. The second-order valence-corrected chi connectivity index (χ2v) is 8.36. The van der Waals surface area contributed by atoms with E-state index >= 15 is 0 Å². The Kier molecular flexibility index (Phi) is 4.37. The van der Waals surface area contributed by atoms with Crippen molar-refractivity contribution in [2.24, 2.45) is 10.9 Å². The van der Waals surface area contributed by atoms with Gasteiger partial charge in [0.2, 0.25) is 5.91 Å². The summed E-state index contributed by atoms with van der Waals surface area (Å²) in [7, 11) is -3.39. The van der Waals surface area contributed by atoms with Gasteiger partial charge in [0.1, 0.15) is 17.5 Å². The van der Waals surface area contributed by atoms with E-state index in [0.717, 1.165) is 12.1 Å². The Morgan fingerprint density at radius 2 is 2.21 bits per heavy atom. The lowest BCUT2D eigenvalue weighted by Crippen LogP contribution is -2.47. The molecule has 2 atom stereocenters. The van der Waals surface area contributed by atoms with Crippen LogP contribution in [-0.4, -0.2) is 48.7 Å². The highest BCUT2D eigenvalue weighted by atomic mass is 32.2. The number of aryl methyl sites for hydroxylation is 1. The molecule has 1 fully saturated rings. The second-order valence-electron chi connectivity index (χ2n) is 6.67. The molecule has 0 saturated carbocycles. The van der Waals surface area contributed by atoms with Crippen LogP contribution in [0.25, 0.3) is 0 Å². The van der Waals surface area contributed by atoms with E-state index in [9.17, 15) is 13.2 Å². The van der Waals surface area contributed by atoms with Gasteiger partial charge in [0.05, 0.1) is 11.7 Å². The molecule has 1 saturated heterocycles. The Morgan fingerprint density at radius 1 is 1.46 bits per heavy atom. The van der Waals surface area contributed by atoms with E-state index < -0.39 is 15.9 Å². The first kappa shape index (κ1) is 16.9. The van der Waals surface area contributed by atoms with Gasteiger partial charge in [-0.1, -0.05) is 19.0 Å². The number of sulfonamides is 1. The van der Waals surface area contributed by atoms with Crippen molar-refractivity contribution >= 4 is 21.8 Å². The Hall–Kier alpha value is -1.90. The van der Waals surface area contributed by atoms with Crippen molar-refractivity contribution in [1.82, 2.24) is 14.8 Å². The summed E-state index contributed by atoms with van der Waals surface area (Å²) < 4.78 is 31.0. The van der Waals surface area contributed by atoms with Crippen LogP contribution in [-0.2, 0) is 14.8 Å². The molecule has 1 aromatic heterocycles. The van der Waals surface area contributed by atoms with Crippen LogP contribution in [0, 0.1) is 12.8 Å². The maximum atomic E-state index is 13.1. The van der Waals surface area contributed by atoms with Crippen molar-refractivity contribution < 1.29 is 17.7 Å². The molecule has 0 radical (unpaired) electrons. The smallest absolute Gasteiger partial charge is 0.254 e. The molecule has 0 bridgehead atoms. The standard InChI is InChI=1S/C15H22N4O4S/c1-9(2)13(12-7-10(3)17-23-12)15(20)19-6-4-5-11(19)14-16-8-24(21,22)18-14/h7,9,11,13H,4-6,8H2,1-3H3,(H,16,18)/t11-,13?/m0/s1. The molecule has 24 heavy (non-hydrogen) atoms. The summed E-state index contributed by atoms with van der Waals surface area (Å²) in [6.45, 7) is 6.32. The molecule has 1 amide bonds. The second kappa shape index (κ2) is 6.19. The van der Waals surface area contributed by atoms with Gasteiger partial charge in [-0.2, -0.15) is 0 Å². The van der Waals surface area contributed by atoms with Crippen molar-refractivity contribution in [1.29, 1.82) is 0 Å². The Morgan fingerprint density at radius 3 is 2.75 bits per heavy atom. The Bertz CT molecular complexity index is 768. The van der Waals surface area contributed by atoms with Crippen LogP contribution in [0.15, 0.2) is 15.6 Å². The number of hydrogen-bond donors (Lipinski definition) is 1. The molecule has 1 N–H and O–H groups in total. The van der Waals surface area contributed by atoms with Crippen LogP contribution in [0.2, 0.25) is 0 Å². The molecule has 0 spiro atoms. The third-order valence-corrected chi connectivity index (χ3v) is 5.39. The predicted octanol–water partition coefficient (Wildman–Crippen LogP) is 1.00. The van der Waals surface area contributed by atoms with Gasteiger partial charge in [-0.05, 0) is 25.7 Å². The van der Waals surface area contributed by atoms with Crippen molar-refractivity contribution in [3.8, 4) is 0 Å². The van der Waals surface area contributed by atoms with E-state index in [-0.39, 0.29) is 23.7 Å². The predicted molar refractivity (Wildman–Crippen MR) is 87.9 cm³/mol. The molecule has 2 aliphatic rings. The third kappa shape index (κ3) is 3.17. The Balaban J connectivity index is 1.84. The topological polar surface area (TPSA) is 105 Å². The summed E-state index contributed by atoms with van der Waals surface area (Å²) >= 11 is 0. The highest BCUT2D eigenvalue weighted by Gasteiger charge is 2.41. The minimum atomic E-state index is -3.39. The molecule has 3 heterocycles. The largest absolute Gasteiger partial charge is 0.360 e. The van der Waals surface area contributed by atoms with Gasteiger partial charge in [-0.3, -0.25) is 14.5 Å². The number of likely N-dealkylation sites (tertiary alicyclic amines) is 1. The number of aliphatic imine (C=N–C) groups is 1. The molecule has 132 valence electrons. The molecular formula is C15H22N4O4S. The molecular weight excluding hydrogens is 332 g/mol. The molecule has 8 nitrogen and oxygen atoms in total. The molecule has 9 heteroatoms. The molecule has 0 aliphatic carbocycles. The summed E-state index contributed by atoms with van der Waals surface area (Å²) in [4.78, 5) is 18.9. The van der Waals surface area contributed by atoms with Crippen LogP contribution in [0.3, 0.4) is 0 Å². The fourth-order valence-corrected chi connectivity index (χ4v) is 4.20. The van der Waals surface area contributed by atoms with Crippen molar-refractivity contribution in [2.45, 2.75) is 45.6 Å². The number of amidine groups is 1. The first-order chi connectivity index (χ1) is 11.3. The summed E-state index contributed by atoms with van der Waals surface area (Å²) in [6, 6.07) is 1.46. The fraction of sp³-hybridized carbons (Fsp3) is 0.667. The molecule has 2 aliphatic heterocycles. The maximum Gasteiger partial charge on any atom is 0.254 e. The zero-order chi connectivity index (χ0) is 17.5. The van der Waals surface area contributed by atoms with Crippen molar-refractivity contribution in [3.05, 3.63) is 17.5 Å². The first-order valence-corrected chi connectivity index (χ1v) is 9.72. The molecule has 3 rings (SSSR count). The molecule has 0 aromatic carbocycles. The minimum absolute atomic E-state index is 0.0355. The summed E-state index contributed by atoms with van der Waals surface area (Å²) in [5.41, 5.74) is 0.731. The van der Waals surface area contributed by atoms with Crippen molar-refractivity contribution in [3.63, 3.8) is 0 Å². The average molecular weight is 354 g/mol. The number of carbonyl (C=O) groups excluding carboxylic acids is 1. The number of rotatable bonds is 4. The van der Waals surface area contributed by atoms with Gasteiger partial charge in [0, 0.05) is 12.6 Å². The SMILES string of the molecule is Cc1cc(C(C(=O)N2CCC[C@H]2C2=NCS(=O)(=O)N2)C(C)C)on1. The van der Waals surface area contributed by atoms with E-state index in [1.165, 1.54) is 0 Å². The number of carbonyl (C=O) groups is 1. The first-order valence-electron chi connectivity index (χ1n) is 8.07. The quantitative estimate of drug-likeness (QED) is 0.868. The van der Waals surface area contributed by atoms with Crippen LogP contribution >= 0.6 is 0 Å². The van der Waals surface area contributed by atoms with Gasteiger partial charge in [0.15, 0.2) is 5.88 Å². The van der Waals surface area contributed by atoms with Gasteiger partial charge < -0.3 is 9.42 Å². The maximum absolute atomic E-state index is 13.1. The number of nitrogens with one attached hydrogen (secondary N) is 1. The Labute approximate surface area is 141 Å². The van der Waals surface area contributed by atoms with Crippen molar-refractivity contribution in [2.75, 3.05) is 12.4 Å². The van der Waals surface area contributed by atoms with E-state index in [1.54, 1.807) is 11.0 Å². The van der Waals surface area contributed by atoms with Gasteiger partial charge in [0.25, 0.3) is 10.0 Å². The lowest BCUT2D eigenvalue weighted by atomic mass is 9.91. The molecule has 1 unspecified atom stereocenters. The lowest BCUT2D eigenvalue weighted by Gasteiger charge is -2.29. The van der Waals surface area contributed by atoms with E-state index in [1.807, 2.05) is 20.8 Å².